The van der Waals surface area contributed by atoms with Crippen LogP contribution in [0.4, 0.5) is 0 Å². The van der Waals surface area contributed by atoms with E-state index in [1.54, 1.807) is 13.0 Å². The normalized spacial score (nSPS) is 20.4. The molecule has 0 bridgehead atoms. The largest absolute Gasteiger partial charge is 0.508 e. The Morgan fingerprint density at radius 1 is 1.26 bits per heavy atom. The lowest BCUT2D eigenvalue weighted by atomic mass is 9.87. The summed E-state index contributed by atoms with van der Waals surface area (Å²) < 4.78 is 6.51. The van der Waals surface area contributed by atoms with Gasteiger partial charge in [-0.25, -0.2) is 0 Å². The van der Waals surface area contributed by atoms with Gasteiger partial charge in [-0.2, -0.15) is 0 Å². The number of likely N-dealkylation sites (tertiary alicyclic amines) is 1. The van der Waals surface area contributed by atoms with Crippen molar-refractivity contribution in [2.24, 2.45) is 4.99 Å². The first kappa shape index (κ1) is 21.8. The smallest absolute Gasteiger partial charge is 0.219 e. The highest BCUT2D eigenvalue weighted by atomic mass is 79.9. The topological polar surface area (TPSA) is 74.2 Å². The van der Waals surface area contributed by atoms with E-state index in [4.69, 9.17) is 9.73 Å². The number of aromatic hydroxyl groups is 1. The van der Waals surface area contributed by atoms with Crippen LogP contribution in [0.15, 0.2) is 51.9 Å². The van der Waals surface area contributed by atoms with Gasteiger partial charge in [-0.1, -0.05) is 15.9 Å². The van der Waals surface area contributed by atoms with Crippen molar-refractivity contribution in [3.63, 3.8) is 0 Å². The summed E-state index contributed by atoms with van der Waals surface area (Å²) in [5, 5.41) is 14.3. The van der Waals surface area contributed by atoms with Gasteiger partial charge >= 0.3 is 0 Å². The Morgan fingerprint density at radius 2 is 1.97 bits per heavy atom. The van der Waals surface area contributed by atoms with Crippen LogP contribution in [-0.4, -0.2) is 47.0 Å². The maximum atomic E-state index is 11.8. The lowest BCUT2D eigenvalue weighted by Crippen LogP contribution is -2.56. The number of phenols is 1. The fourth-order valence-electron chi connectivity index (χ4n) is 4.44. The predicted octanol–water partition coefficient (Wildman–Crippen LogP) is 4.42. The predicted molar refractivity (Wildman–Crippen MR) is 125 cm³/mol. The van der Waals surface area contributed by atoms with Crippen LogP contribution in [0.5, 0.6) is 11.5 Å². The molecule has 2 heterocycles. The maximum Gasteiger partial charge on any atom is 0.219 e. The van der Waals surface area contributed by atoms with Gasteiger partial charge in [0, 0.05) is 61.1 Å². The number of halogens is 1. The lowest BCUT2D eigenvalue weighted by Gasteiger charge is -2.45. The maximum absolute atomic E-state index is 11.8. The molecular weight excluding hydrogens is 458 g/mol. The molecule has 6 nitrogen and oxygen atoms in total. The van der Waals surface area contributed by atoms with Crippen LogP contribution in [-0.2, 0) is 4.79 Å². The summed E-state index contributed by atoms with van der Waals surface area (Å²) in [6.07, 6.45) is 2.13. The number of ether oxygens (including phenoxy) is 1. The molecule has 4 rings (SSSR count). The van der Waals surface area contributed by atoms with Crippen molar-refractivity contribution < 1.29 is 14.6 Å². The molecule has 0 radical (unpaired) electrons. The fourth-order valence-corrected chi connectivity index (χ4v) is 4.82. The molecule has 0 aliphatic carbocycles. The van der Waals surface area contributed by atoms with E-state index in [1.807, 2.05) is 48.2 Å². The second-order valence-corrected chi connectivity index (χ2v) is 9.07. The Hall–Kier alpha value is -2.38. The number of nitrogens with one attached hydrogen (secondary N) is 1. The quantitative estimate of drug-likeness (QED) is 0.672. The number of phenolic OH excluding ortho intramolecular Hbond substituents is 1. The molecule has 31 heavy (non-hydrogen) atoms. The molecule has 2 aromatic carbocycles. The zero-order valence-electron chi connectivity index (χ0n) is 17.9. The third-order valence-corrected chi connectivity index (χ3v) is 6.58. The number of hydrogen-bond acceptors (Lipinski definition) is 5. The summed E-state index contributed by atoms with van der Waals surface area (Å²) in [7, 11) is 0. The van der Waals surface area contributed by atoms with Gasteiger partial charge < -0.3 is 14.7 Å². The molecule has 1 fully saturated rings. The Labute approximate surface area is 191 Å². The molecule has 2 aliphatic heterocycles. The van der Waals surface area contributed by atoms with Gasteiger partial charge in [0.15, 0.2) is 0 Å². The summed E-state index contributed by atoms with van der Waals surface area (Å²) >= 11 is 3.53. The summed E-state index contributed by atoms with van der Waals surface area (Å²) in [5.41, 5.74) is 2.44. The van der Waals surface area contributed by atoms with Crippen molar-refractivity contribution in [1.29, 1.82) is 0 Å². The zero-order chi connectivity index (χ0) is 22.0. The van der Waals surface area contributed by atoms with Crippen molar-refractivity contribution in [2.75, 3.05) is 19.7 Å². The van der Waals surface area contributed by atoms with Crippen LogP contribution in [0.25, 0.3) is 0 Å². The molecule has 7 heteroatoms. The van der Waals surface area contributed by atoms with E-state index >= 15 is 0 Å². The molecule has 2 aromatic rings. The molecule has 0 unspecified atom stereocenters. The van der Waals surface area contributed by atoms with E-state index < -0.39 is 5.66 Å². The van der Waals surface area contributed by atoms with Gasteiger partial charge in [0.2, 0.25) is 5.91 Å². The van der Waals surface area contributed by atoms with Gasteiger partial charge in [-0.05, 0) is 55.0 Å². The van der Waals surface area contributed by atoms with Gasteiger partial charge in [0.05, 0.1) is 6.61 Å². The molecule has 1 spiro atoms. The van der Waals surface area contributed by atoms with E-state index in [-0.39, 0.29) is 17.7 Å². The van der Waals surface area contributed by atoms with E-state index in [2.05, 4.69) is 21.2 Å². The van der Waals surface area contributed by atoms with E-state index in [9.17, 15) is 9.90 Å². The number of rotatable bonds is 4. The molecule has 1 saturated heterocycles. The highest BCUT2D eigenvalue weighted by Crippen LogP contribution is 2.38. The Kier molecular flexibility index (Phi) is 6.34. The van der Waals surface area contributed by atoms with Gasteiger partial charge in [-0.15, -0.1) is 0 Å². The van der Waals surface area contributed by atoms with Gasteiger partial charge in [-0.3, -0.25) is 15.1 Å². The minimum absolute atomic E-state index is 0.0829. The summed E-state index contributed by atoms with van der Waals surface area (Å²) in [5.74, 6) is 1.21. The molecule has 2 aliphatic rings. The first-order valence-corrected chi connectivity index (χ1v) is 11.5. The summed E-state index contributed by atoms with van der Waals surface area (Å²) in [4.78, 5) is 18.9. The van der Waals surface area contributed by atoms with Gasteiger partial charge in [0.1, 0.15) is 17.2 Å². The third-order valence-electron chi connectivity index (χ3n) is 6.09. The van der Waals surface area contributed by atoms with Crippen molar-refractivity contribution in [2.45, 2.75) is 44.8 Å². The molecular formula is C24H28BrN3O3. The number of benzene rings is 2. The van der Waals surface area contributed by atoms with E-state index in [1.165, 1.54) is 0 Å². The van der Waals surface area contributed by atoms with Crippen LogP contribution in [0.1, 0.15) is 50.3 Å². The lowest BCUT2D eigenvalue weighted by molar-refractivity contribution is -0.130. The standard InChI is InChI=1S/C24H28BrN3O3/c1-3-31-19-7-4-17(5-8-19)21-15-22(20-14-18(25)6-9-23(20)30)27-24(26-21)10-12-28(13-11-24)16(2)29/h4-9,14,22,27,30H,3,10-13,15H2,1-2H3/t22-/m1/s1. The van der Waals surface area contributed by atoms with Crippen LogP contribution >= 0.6 is 15.9 Å². The highest BCUT2D eigenvalue weighted by molar-refractivity contribution is 9.10. The molecule has 0 saturated carbocycles. The number of aliphatic imine (C=N–C) groups is 1. The average molecular weight is 486 g/mol. The van der Waals surface area contributed by atoms with Crippen LogP contribution < -0.4 is 10.1 Å². The minimum Gasteiger partial charge on any atom is -0.508 e. The Balaban J connectivity index is 1.69. The SMILES string of the molecule is CCOc1ccc(C2=NC3(CCN(C(C)=O)CC3)N[C@@H](c3cc(Br)ccc3O)C2)cc1. The minimum atomic E-state index is -0.461. The number of nitrogens with zero attached hydrogens (tertiary/aromatic N) is 2. The Bertz CT molecular complexity index is 982. The van der Waals surface area contributed by atoms with Crippen molar-refractivity contribution in [1.82, 2.24) is 10.2 Å². The summed E-state index contributed by atoms with van der Waals surface area (Å²) in [6, 6.07) is 13.5. The van der Waals surface area contributed by atoms with Gasteiger partial charge in [0.25, 0.3) is 0 Å². The Morgan fingerprint density at radius 3 is 2.61 bits per heavy atom. The number of piperidine rings is 1. The molecule has 0 aromatic heterocycles. The number of carbonyl (C=O) groups is 1. The third kappa shape index (κ3) is 4.77. The van der Waals surface area contributed by atoms with Crippen LogP contribution in [0.2, 0.25) is 0 Å². The number of hydrogen-bond donors (Lipinski definition) is 2. The van der Waals surface area contributed by atoms with Crippen molar-refractivity contribution in [3.05, 3.63) is 58.1 Å². The molecule has 1 amide bonds. The molecule has 164 valence electrons. The zero-order valence-corrected chi connectivity index (χ0v) is 19.5. The van der Waals surface area contributed by atoms with E-state index in [0.717, 1.165) is 39.9 Å². The van der Waals surface area contributed by atoms with Crippen molar-refractivity contribution >= 4 is 27.5 Å². The average Bonchev–Trinajstić information content (AvgIpc) is 2.76. The highest BCUT2D eigenvalue weighted by Gasteiger charge is 2.41. The fraction of sp³-hybridized carbons (Fsp3) is 0.417. The monoisotopic (exact) mass is 485 g/mol. The first-order chi connectivity index (χ1) is 14.9. The summed E-state index contributed by atoms with van der Waals surface area (Å²) in [6.45, 7) is 5.55. The second kappa shape index (κ2) is 9.01. The van der Waals surface area contributed by atoms with Crippen LogP contribution in [0, 0.1) is 0 Å². The van der Waals surface area contributed by atoms with Crippen LogP contribution in [0.3, 0.4) is 0 Å². The molecule has 2 N–H and O–H groups in total. The second-order valence-electron chi connectivity index (χ2n) is 8.16. The molecule has 1 atom stereocenters. The first-order valence-electron chi connectivity index (χ1n) is 10.7. The van der Waals surface area contributed by atoms with Crippen molar-refractivity contribution in [3.8, 4) is 11.5 Å². The number of amides is 1. The number of carbonyl (C=O) groups excluding carboxylic acids is 1. The van der Waals surface area contributed by atoms with E-state index in [0.29, 0.717) is 26.1 Å².